The molecule has 0 saturated carbocycles. The number of fused-ring (bicyclic) bond motifs is 1. The summed E-state index contributed by atoms with van der Waals surface area (Å²) in [5.74, 6) is -2.61. The average molecular weight is 329 g/mol. The maximum atomic E-state index is 13.3. The molecule has 3 rings (SSSR count). The number of hydrogen-bond acceptors (Lipinski definition) is 3. The van der Waals surface area contributed by atoms with E-state index in [0.29, 0.717) is 16.5 Å². The minimum absolute atomic E-state index is 0.150. The van der Waals surface area contributed by atoms with Gasteiger partial charge in [0.05, 0.1) is 6.04 Å². The van der Waals surface area contributed by atoms with Crippen molar-refractivity contribution in [3.8, 4) is 0 Å². The molecule has 1 N–H and O–H groups in total. The maximum absolute atomic E-state index is 13.3. The van der Waals surface area contributed by atoms with Gasteiger partial charge in [0.2, 0.25) is 0 Å². The van der Waals surface area contributed by atoms with Crippen LogP contribution in [0.1, 0.15) is 28.9 Å². The van der Waals surface area contributed by atoms with Crippen LogP contribution in [0.25, 0.3) is 11.0 Å². The lowest BCUT2D eigenvalue weighted by molar-refractivity contribution is 0.0936. The molecule has 0 aliphatic rings. The minimum Gasteiger partial charge on any atom is -0.422 e. The molecule has 0 aliphatic heterocycles. The summed E-state index contributed by atoms with van der Waals surface area (Å²) in [5.41, 5.74) is -0.146. The molecule has 122 valence electrons. The highest BCUT2D eigenvalue weighted by atomic mass is 19.2. The normalized spacial score (nSPS) is 12.1. The summed E-state index contributed by atoms with van der Waals surface area (Å²) in [7, 11) is 0. The average Bonchev–Trinajstić information content (AvgIpc) is 2.56. The van der Waals surface area contributed by atoms with Crippen LogP contribution in [0, 0.1) is 11.6 Å². The van der Waals surface area contributed by atoms with E-state index in [2.05, 4.69) is 5.32 Å². The fourth-order valence-corrected chi connectivity index (χ4v) is 2.36. The number of carbonyl (C=O) groups is 1. The van der Waals surface area contributed by atoms with E-state index in [0.717, 1.165) is 12.1 Å². The first-order valence-electron chi connectivity index (χ1n) is 7.24. The Hall–Kier alpha value is -3.02. The Kier molecular flexibility index (Phi) is 4.12. The predicted molar refractivity (Wildman–Crippen MR) is 84.7 cm³/mol. The van der Waals surface area contributed by atoms with Crippen molar-refractivity contribution in [2.45, 2.75) is 13.0 Å². The molecule has 0 aliphatic carbocycles. The molecule has 0 spiro atoms. The summed E-state index contributed by atoms with van der Waals surface area (Å²) < 4.78 is 31.4. The van der Waals surface area contributed by atoms with Gasteiger partial charge in [0.15, 0.2) is 11.6 Å². The molecule has 0 unspecified atom stereocenters. The molecule has 1 heterocycles. The standard InChI is InChI=1S/C18H13F2NO3/c1-10(11-6-7-14(19)15(20)9-11)21-17(22)13-8-12-4-2-3-5-16(12)24-18(13)23/h2-10H,1H3,(H,21,22)/t10-/m1/s1. The first kappa shape index (κ1) is 15.9. The summed E-state index contributed by atoms with van der Waals surface area (Å²) in [4.78, 5) is 24.3. The van der Waals surface area contributed by atoms with E-state index < -0.39 is 29.2 Å². The van der Waals surface area contributed by atoms with E-state index in [1.165, 1.54) is 12.1 Å². The van der Waals surface area contributed by atoms with Crippen LogP contribution >= 0.6 is 0 Å². The molecule has 2 aromatic carbocycles. The van der Waals surface area contributed by atoms with Crippen molar-refractivity contribution in [1.82, 2.24) is 5.32 Å². The van der Waals surface area contributed by atoms with Gasteiger partial charge in [-0.3, -0.25) is 4.79 Å². The van der Waals surface area contributed by atoms with Gasteiger partial charge in [-0.15, -0.1) is 0 Å². The molecule has 0 bridgehead atoms. The van der Waals surface area contributed by atoms with Gasteiger partial charge in [0.25, 0.3) is 5.91 Å². The Morgan fingerprint density at radius 1 is 1.08 bits per heavy atom. The summed E-state index contributed by atoms with van der Waals surface area (Å²) in [6.07, 6.45) is 0. The number of halogens is 2. The number of nitrogens with one attached hydrogen (secondary N) is 1. The van der Waals surface area contributed by atoms with Gasteiger partial charge < -0.3 is 9.73 Å². The molecule has 0 fully saturated rings. The monoisotopic (exact) mass is 329 g/mol. The van der Waals surface area contributed by atoms with E-state index in [9.17, 15) is 18.4 Å². The topological polar surface area (TPSA) is 59.3 Å². The molecule has 1 atom stereocenters. The van der Waals surface area contributed by atoms with Crippen molar-refractivity contribution in [2.24, 2.45) is 0 Å². The highest BCUT2D eigenvalue weighted by molar-refractivity contribution is 5.96. The second kappa shape index (κ2) is 6.23. The third kappa shape index (κ3) is 3.03. The SMILES string of the molecule is C[C@@H](NC(=O)c1cc2ccccc2oc1=O)c1ccc(F)c(F)c1. The Morgan fingerprint density at radius 2 is 1.83 bits per heavy atom. The van der Waals surface area contributed by atoms with E-state index in [-0.39, 0.29) is 5.56 Å². The van der Waals surface area contributed by atoms with Gasteiger partial charge in [0, 0.05) is 5.39 Å². The van der Waals surface area contributed by atoms with Crippen LogP contribution in [0.4, 0.5) is 8.78 Å². The molecule has 6 heteroatoms. The zero-order valence-electron chi connectivity index (χ0n) is 12.7. The molecule has 3 aromatic rings. The molecule has 0 radical (unpaired) electrons. The van der Waals surface area contributed by atoms with Crippen molar-refractivity contribution in [1.29, 1.82) is 0 Å². The lowest BCUT2D eigenvalue weighted by atomic mass is 10.1. The fraction of sp³-hybridized carbons (Fsp3) is 0.111. The number of benzene rings is 2. The second-order valence-electron chi connectivity index (χ2n) is 5.35. The summed E-state index contributed by atoms with van der Waals surface area (Å²) in [5, 5.41) is 3.19. The first-order valence-corrected chi connectivity index (χ1v) is 7.24. The minimum atomic E-state index is -1.00. The van der Waals surface area contributed by atoms with Crippen molar-refractivity contribution < 1.29 is 18.0 Å². The number of carbonyl (C=O) groups excluding carboxylic acids is 1. The van der Waals surface area contributed by atoms with Gasteiger partial charge in [0.1, 0.15) is 11.1 Å². The van der Waals surface area contributed by atoms with Crippen LogP contribution in [-0.4, -0.2) is 5.91 Å². The van der Waals surface area contributed by atoms with E-state index in [4.69, 9.17) is 4.42 Å². The molecule has 1 amide bonds. The lowest BCUT2D eigenvalue weighted by Crippen LogP contribution is -2.30. The smallest absolute Gasteiger partial charge is 0.349 e. The number of amides is 1. The first-order chi connectivity index (χ1) is 11.5. The van der Waals surface area contributed by atoms with Gasteiger partial charge in [-0.05, 0) is 36.8 Å². The second-order valence-corrected chi connectivity index (χ2v) is 5.35. The van der Waals surface area contributed by atoms with E-state index in [1.54, 1.807) is 31.2 Å². The lowest BCUT2D eigenvalue weighted by Gasteiger charge is -2.14. The van der Waals surface area contributed by atoms with Gasteiger partial charge in [-0.2, -0.15) is 0 Å². The van der Waals surface area contributed by atoms with Crippen LogP contribution in [0.3, 0.4) is 0 Å². The molecule has 1 aromatic heterocycles. The summed E-state index contributed by atoms with van der Waals surface area (Å²) in [6, 6.07) is 11.0. The van der Waals surface area contributed by atoms with Crippen LogP contribution in [-0.2, 0) is 0 Å². The third-order valence-electron chi connectivity index (χ3n) is 3.68. The Labute approximate surface area is 135 Å². The molecule has 24 heavy (non-hydrogen) atoms. The molecule has 4 nitrogen and oxygen atoms in total. The van der Waals surface area contributed by atoms with Crippen LogP contribution < -0.4 is 10.9 Å². The van der Waals surface area contributed by atoms with Crippen molar-refractivity contribution in [3.63, 3.8) is 0 Å². The van der Waals surface area contributed by atoms with Gasteiger partial charge in [-0.25, -0.2) is 13.6 Å². The summed E-state index contributed by atoms with van der Waals surface area (Å²) in [6.45, 7) is 1.60. The van der Waals surface area contributed by atoms with Crippen LogP contribution in [0.15, 0.2) is 57.7 Å². The summed E-state index contributed by atoms with van der Waals surface area (Å²) >= 11 is 0. The predicted octanol–water partition coefficient (Wildman–Crippen LogP) is 3.56. The number of hydrogen-bond donors (Lipinski definition) is 1. The highest BCUT2D eigenvalue weighted by Crippen LogP contribution is 2.17. The number of para-hydroxylation sites is 1. The van der Waals surface area contributed by atoms with E-state index in [1.807, 2.05) is 0 Å². The molecular weight excluding hydrogens is 316 g/mol. The zero-order valence-corrected chi connectivity index (χ0v) is 12.7. The Morgan fingerprint density at radius 3 is 2.58 bits per heavy atom. The largest absolute Gasteiger partial charge is 0.422 e. The Bertz CT molecular complexity index is 981. The van der Waals surface area contributed by atoms with Crippen molar-refractivity contribution in [3.05, 3.63) is 81.7 Å². The van der Waals surface area contributed by atoms with Crippen LogP contribution in [0.5, 0.6) is 0 Å². The van der Waals surface area contributed by atoms with Gasteiger partial charge in [-0.1, -0.05) is 24.3 Å². The van der Waals surface area contributed by atoms with E-state index >= 15 is 0 Å². The molecule has 0 saturated heterocycles. The zero-order chi connectivity index (χ0) is 17.3. The molecular formula is C18H13F2NO3. The quantitative estimate of drug-likeness (QED) is 0.748. The fourth-order valence-electron chi connectivity index (χ4n) is 2.36. The van der Waals surface area contributed by atoms with Crippen molar-refractivity contribution >= 4 is 16.9 Å². The van der Waals surface area contributed by atoms with Crippen molar-refractivity contribution in [2.75, 3.05) is 0 Å². The van der Waals surface area contributed by atoms with Crippen LogP contribution in [0.2, 0.25) is 0 Å². The Balaban J connectivity index is 1.87. The van der Waals surface area contributed by atoms with Gasteiger partial charge >= 0.3 is 5.63 Å². The maximum Gasteiger partial charge on any atom is 0.349 e. The highest BCUT2D eigenvalue weighted by Gasteiger charge is 2.17. The third-order valence-corrected chi connectivity index (χ3v) is 3.68. The number of rotatable bonds is 3.